The molecular formula is C15H11FN4OS. The molecule has 0 unspecified atom stereocenters. The predicted octanol–water partition coefficient (Wildman–Crippen LogP) is 3.33. The third kappa shape index (κ3) is 2.66. The number of H-pyrrole nitrogens is 1. The largest absolute Gasteiger partial charge is 0.507 e. The lowest BCUT2D eigenvalue weighted by atomic mass is 10.2. The van der Waals surface area contributed by atoms with Gasteiger partial charge in [0.2, 0.25) is 4.77 Å². The van der Waals surface area contributed by atoms with E-state index in [4.69, 9.17) is 12.2 Å². The van der Waals surface area contributed by atoms with Gasteiger partial charge in [-0.3, -0.25) is 0 Å². The molecule has 0 bridgehead atoms. The number of hydrogen-bond acceptors (Lipinski definition) is 4. The summed E-state index contributed by atoms with van der Waals surface area (Å²) >= 11 is 5.11. The number of aromatic hydroxyl groups is 1. The highest BCUT2D eigenvalue weighted by atomic mass is 32.1. The number of benzene rings is 2. The van der Waals surface area contributed by atoms with E-state index in [0.29, 0.717) is 5.56 Å². The summed E-state index contributed by atoms with van der Waals surface area (Å²) in [6, 6.07) is 13.0. The second kappa shape index (κ2) is 5.90. The van der Waals surface area contributed by atoms with Crippen LogP contribution in [-0.2, 0) is 0 Å². The van der Waals surface area contributed by atoms with Crippen LogP contribution >= 0.6 is 12.2 Å². The minimum absolute atomic E-state index is 0.0914. The molecule has 0 amide bonds. The van der Waals surface area contributed by atoms with Crippen molar-refractivity contribution in [1.82, 2.24) is 14.9 Å². The van der Waals surface area contributed by atoms with Gasteiger partial charge in [0.25, 0.3) is 0 Å². The van der Waals surface area contributed by atoms with Crippen LogP contribution in [0.4, 0.5) is 4.39 Å². The average Bonchev–Trinajstić information content (AvgIpc) is 2.88. The van der Waals surface area contributed by atoms with E-state index in [2.05, 4.69) is 15.3 Å². The number of rotatable bonds is 3. The first-order chi connectivity index (χ1) is 10.7. The SMILES string of the molecule is Oc1ccccc1C=Nn1c(-c2ccccc2F)n[nH]c1=S. The lowest BCUT2D eigenvalue weighted by Crippen LogP contribution is -1.96. The van der Waals surface area contributed by atoms with E-state index in [1.807, 2.05) is 0 Å². The molecule has 1 aromatic heterocycles. The molecule has 22 heavy (non-hydrogen) atoms. The molecule has 2 aromatic carbocycles. The molecular weight excluding hydrogens is 303 g/mol. The van der Waals surface area contributed by atoms with Crippen LogP contribution < -0.4 is 0 Å². The second-order valence-corrected chi connectivity index (χ2v) is 4.83. The zero-order valence-corrected chi connectivity index (χ0v) is 12.1. The number of phenols is 1. The van der Waals surface area contributed by atoms with E-state index < -0.39 is 5.82 Å². The first-order valence-electron chi connectivity index (χ1n) is 6.41. The Morgan fingerprint density at radius 1 is 1.18 bits per heavy atom. The van der Waals surface area contributed by atoms with Gasteiger partial charge >= 0.3 is 0 Å². The van der Waals surface area contributed by atoms with Gasteiger partial charge in [0.15, 0.2) is 5.82 Å². The number of nitrogens with one attached hydrogen (secondary N) is 1. The van der Waals surface area contributed by atoms with Crippen molar-refractivity contribution in [2.45, 2.75) is 0 Å². The molecule has 0 spiro atoms. The van der Waals surface area contributed by atoms with Crippen molar-refractivity contribution in [1.29, 1.82) is 0 Å². The highest BCUT2D eigenvalue weighted by Crippen LogP contribution is 2.21. The maximum atomic E-state index is 13.9. The van der Waals surface area contributed by atoms with Crippen LogP contribution in [0.5, 0.6) is 5.75 Å². The Bertz CT molecular complexity index is 900. The number of para-hydroxylation sites is 1. The molecule has 0 atom stereocenters. The van der Waals surface area contributed by atoms with Crippen LogP contribution in [0.1, 0.15) is 5.56 Å². The molecule has 5 nitrogen and oxygen atoms in total. The Morgan fingerprint density at radius 3 is 2.68 bits per heavy atom. The fraction of sp³-hybridized carbons (Fsp3) is 0. The average molecular weight is 314 g/mol. The van der Waals surface area contributed by atoms with E-state index in [1.165, 1.54) is 17.0 Å². The number of hydrogen-bond donors (Lipinski definition) is 2. The first kappa shape index (κ1) is 14.2. The molecule has 0 saturated carbocycles. The first-order valence-corrected chi connectivity index (χ1v) is 6.82. The zero-order chi connectivity index (χ0) is 15.5. The summed E-state index contributed by atoms with van der Waals surface area (Å²) in [6.07, 6.45) is 1.44. The van der Waals surface area contributed by atoms with Gasteiger partial charge < -0.3 is 5.11 Å². The summed E-state index contributed by atoms with van der Waals surface area (Å²) in [4.78, 5) is 0. The molecule has 2 N–H and O–H groups in total. The fourth-order valence-corrected chi connectivity index (χ4v) is 2.11. The Kier molecular flexibility index (Phi) is 3.80. The maximum absolute atomic E-state index is 13.9. The van der Waals surface area contributed by atoms with Crippen molar-refractivity contribution in [2.75, 3.05) is 0 Å². The van der Waals surface area contributed by atoms with Gasteiger partial charge in [-0.25, -0.2) is 9.49 Å². The van der Waals surface area contributed by atoms with Gasteiger partial charge in [0.1, 0.15) is 11.6 Å². The molecule has 110 valence electrons. The van der Waals surface area contributed by atoms with Crippen LogP contribution in [0.2, 0.25) is 0 Å². The molecule has 7 heteroatoms. The van der Waals surface area contributed by atoms with E-state index in [0.717, 1.165) is 0 Å². The molecule has 1 heterocycles. The van der Waals surface area contributed by atoms with E-state index in [1.54, 1.807) is 42.5 Å². The molecule has 0 fully saturated rings. The van der Waals surface area contributed by atoms with Crippen LogP contribution in [0.25, 0.3) is 11.4 Å². The van der Waals surface area contributed by atoms with Gasteiger partial charge in [-0.15, -0.1) is 0 Å². The predicted molar refractivity (Wildman–Crippen MR) is 83.9 cm³/mol. The second-order valence-electron chi connectivity index (χ2n) is 4.45. The van der Waals surface area contributed by atoms with Gasteiger partial charge in [0, 0.05) is 5.56 Å². The minimum atomic E-state index is -0.421. The van der Waals surface area contributed by atoms with Crippen molar-refractivity contribution >= 4 is 18.4 Å². The smallest absolute Gasteiger partial charge is 0.216 e. The standard InChI is InChI=1S/C15H11FN4OS/c16-12-7-3-2-6-11(12)14-18-19-15(22)20(14)17-9-10-5-1-4-8-13(10)21/h1-9,21H,(H,19,22). The summed E-state index contributed by atoms with van der Waals surface area (Å²) in [5.74, 6) is -0.0704. The molecule has 0 saturated heterocycles. The van der Waals surface area contributed by atoms with Crippen LogP contribution in [0.15, 0.2) is 53.6 Å². The summed E-state index contributed by atoms with van der Waals surface area (Å²) < 4.78 is 15.4. The van der Waals surface area contributed by atoms with E-state index in [9.17, 15) is 9.50 Å². The van der Waals surface area contributed by atoms with Gasteiger partial charge in [-0.05, 0) is 36.5 Å². The summed E-state index contributed by atoms with van der Waals surface area (Å²) in [7, 11) is 0. The van der Waals surface area contributed by atoms with Crippen molar-refractivity contribution < 1.29 is 9.50 Å². The van der Waals surface area contributed by atoms with E-state index >= 15 is 0 Å². The molecule has 0 radical (unpaired) electrons. The third-order valence-corrected chi connectivity index (χ3v) is 3.28. The Hall–Kier alpha value is -2.80. The molecule has 3 aromatic rings. The maximum Gasteiger partial charge on any atom is 0.216 e. The number of aromatic amines is 1. The van der Waals surface area contributed by atoms with Crippen LogP contribution in [0, 0.1) is 10.6 Å². The number of aromatic nitrogens is 3. The summed E-state index contributed by atoms with van der Waals surface area (Å²) in [5, 5.41) is 20.5. The molecule has 0 aliphatic rings. The number of nitrogens with zero attached hydrogens (tertiary/aromatic N) is 3. The highest BCUT2D eigenvalue weighted by Gasteiger charge is 2.12. The van der Waals surface area contributed by atoms with Crippen molar-refractivity contribution in [3.05, 3.63) is 64.7 Å². The Labute approximate surface area is 130 Å². The van der Waals surface area contributed by atoms with Crippen molar-refractivity contribution in [2.24, 2.45) is 5.10 Å². The summed E-state index contributed by atoms with van der Waals surface area (Å²) in [5.41, 5.74) is 0.800. The quantitative estimate of drug-likeness (QED) is 0.575. The zero-order valence-electron chi connectivity index (χ0n) is 11.3. The minimum Gasteiger partial charge on any atom is -0.507 e. The van der Waals surface area contributed by atoms with Crippen molar-refractivity contribution in [3.8, 4) is 17.1 Å². The van der Waals surface area contributed by atoms with Crippen LogP contribution in [0.3, 0.4) is 0 Å². The topological polar surface area (TPSA) is 66.2 Å². The van der Waals surface area contributed by atoms with Gasteiger partial charge in [0.05, 0.1) is 11.8 Å². The fourth-order valence-electron chi connectivity index (χ4n) is 1.93. The molecule has 0 aliphatic heterocycles. The highest BCUT2D eigenvalue weighted by molar-refractivity contribution is 7.71. The normalized spacial score (nSPS) is 11.1. The van der Waals surface area contributed by atoms with Gasteiger partial charge in [-0.1, -0.05) is 24.3 Å². The molecule has 3 rings (SSSR count). The van der Waals surface area contributed by atoms with E-state index in [-0.39, 0.29) is 21.9 Å². The summed E-state index contributed by atoms with van der Waals surface area (Å²) in [6.45, 7) is 0. The molecule has 0 aliphatic carbocycles. The number of phenolic OH excluding ortho intramolecular Hbond substituents is 1. The monoisotopic (exact) mass is 314 g/mol. The lowest BCUT2D eigenvalue weighted by Gasteiger charge is -2.02. The number of halogens is 1. The van der Waals surface area contributed by atoms with Crippen molar-refractivity contribution in [3.63, 3.8) is 0 Å². The van der Waals surface area contributed by atoms with Crippen LogP contribution in [-0.4, -0.2) is 26.2 Å². The Balaban J connectivity index is 2.06. The lowest BCUT2D eigenvalue weighted by molar-refractivity contribution is 0.474. The third-order valence-electron chi connectivity index (χ3n) is 3.01. The van der Waals surface area contributed by atoms with Gasteiger partial charge in [-0.2, -0.15) is 14.9 Å². The Morgan fingerprint density at radius 2 is 1.91 bits per heavy atom.